The fourth-order valence-corrected chi connectivity index (χ4v) is 3.80. The van der Waals surface area contributed by atoms with Gasteiger partial charge in [0.05, 0.1) is 5.56 Å². The summed E-state index contributed by atoms with van der Waals surface area (Å²) in [5.41, 5.74) is 3.68. The zero-order chi connectivity index (χ0) is 24.5. The maximum atomic E-state index is 11.2. The Labute approximate surface area is 208 Å². The molecule has 176 valence electrons. The molecule has 0 bridgehead atoms. The van der Waals surface area contributed by atoms with E-state index < -0.39 is 0 Å². The van der Waals surface area contributed by atoms with Gasteiger partial charge in [-0.25, -0.2) is 9.97 Å². The van der Waals surface area contributed by atoms with Gasteiger partial charge in [0.1, 0.15) is 6.33 Å². The van der Waals surface area contributed by atoms with Gasteiger partial charge in [-0.3, -0.25) is 4.79 Å². The van der Waals surface area contributed by atoms with Crippen molar-refractivity contribution in [3.05, 3.63) is 83.9 Å². The normalized spacial score (nSPS) is 11.4. The SMILES string of the molecule is CC(C)(C)c1ccc(Sc2ccc(C(C)(C)C)cc2)cc1.O=C(NCCS)c1cncnc1. The van der Waals surface area contributed by atoms with Gasteiger partial charge in [0.15, 0.2) is 0 Å². The first-order valence-corrected chi connectivity index (χ1v) is 12.5. The Morgan fingerprint density at radius 1 is 0.818 bits per heavy atom. The summed E-state index contributed by atoms with van der Waals surface area (Å²) in [7, 11) is 0. The Balaban J connectivity index is 0.000000273. The second-order valence-corrected chi connectivity index (χ2v) is 11.4. The molecule has 1 heterocycles. The van der Waals surface area contributed by atoms with Crippen LogP contribution in [-0.2, 0) is 10.8 Å². The van der Waals surface area contributed by atoms with Crippen molar-refractivity contribution in [3.63, 3.8) is 0 Å². The van der Waals surface area contributed by atoms with Crippen LogP contribution in [0.5, 0.6) is 0 Å². The number of carbonyl (C=O) groups excluding carboxylic acids is 1. The third-order valence-corrected chi connectivity index (χ3v) is 6.14. The Hall–Kier alpha value is -2.31. The predicted molar refractivity (Wildman–Crippen MR) is 143 cm³/mol. The van der Waals surface area contributed by atoms with Gasteiger partial charge in [0.2, 0.25) is 0 Å². The summed E-state index contributed by atoms with van der Waals surface area (Å²) in [5.74, 6) is 0.462. The van der Waals surface area contributed by atoms with E-state index in [1.807, 2.05) is 11.8 Å². The van der Waals surface area contributed by atoms with Gasteiger partial charge in [0.25, 0.3) is 5.91 Å². The van der Waals surface area contributed by atoms with Crippen molar-refractivity contribution >= 4 is 30.3 Å². The predicted octanol–water partition coefficient (Wildman–Crippen LogP) is 6.57. The van der Waals surface area contributed by atoms with Crippen molar-refractivity contribution in [2.24, 2.45) is 0 Å². The first kappa shape index (κ1) is 26.9. The molecule has 0 aliphatic heterocycles. The molecule has 0 saturated heterocycles. The summed E-state index contributed by atoms with van der Waals surface area (Å²) in [4.78, 5) is 21.2. The highest BCUT2D eigenvalue weighted by atomic mass is 32.2. The molecular weight excluding hydrogens is 446 g/mol. The molecule has 4 nitrogen and oxygen atoms in total. The van der Waals surface area contributed by atoms with Gasteiger partial charge in [-0.2, -0.15) is 12.6 Å². The number of hydrogen-bond donors (Lipinski definition) is 2. The van der Waals surface area contributed by atoms with Crippen LogP contribution in [0.1, 0.15) is 63.0 Å². The fourth-order valence-electron chi connectivity index (χ4n) is 2.87. The third kappa shape index (κ3) is 9.22. The molecule has 0 saturated carbocycles. The van der Waals surface area contributed by atoms with Crippen LogP contribution >= 0.6 is 24.4 Å². The number of carbonyl (C=O) groups is 1. The highest BCUT2D eigenvalue weighted by molar-refractivity contribution is 7.99. The summed E-state index contributed by atoms with van der Waals surface area (Å²) in [5, 5.41) is 2.65. The highest BCUT2D eigenvalue weighted by Crippen LogP contribution is 2.32. The summed E-state index contributed by atoms with van der Waals surface area (Å²) in [6, 6.07) is 17.9. The molecule has 1 aromatic heterocycles. The van der Waals surface area contributed by atoms with Crippen LogP contribution in [0.2, 0.25) is 0 Å². The molecule has 2 aromatic carbocycles. The van der Waals surface area contributed by atoms with Gasteiger partial charge < -0.3 is 5.32 Å². The molecular formula is C27H35N3OS2. The first-order valence-electron chi connectivity index (χ1n) is 11.0. The zero-order valence-electron chi connectivity index (χ0n) is 20.4. The summed E-state index contributed by atoms with van der Waals surface area (Å²) in [6.45, 7) is 14.1. The molecule has 3 rings (SSSR count). The lowest BCUT2D eigenvalue weighted by atomic mass is 9.87. The van der Waals surface area contributed by atoms with Gasteiger partial charge in [-0.15, -0.1) is 0 Å². The minimum absolute atomic E-state index is 0.162. The molecule has 0 unspecified atom stereocenters. The van der Waals surface area contributed by atoms with Crippen LogP contribution in [0.4, 0.5) is 0 Å². The topological polar surface area (TPSA) is 54.9 Å². The van der Waals surface area contributed by atoms with E-state index in [1.165, 1.54) is 39.6 Å². The Morgan fingerprint density at radius 2 is 1.24 bits per heavy atom. The van der Waals surface area contributed by atoms with Crippen molar-refractivity contribution in [1.82, 2.24) is 15.3 Å². The molecule has 1 N–H and O–H groups in total. The maximum absolute atomic E-state index is 11.2. The van der Waals surface area contributed by atoms with Gasteiger partial charge in [0, 0.05) is 34.5 Å². The van der Waals surface area contributed by atoms with Gasteiger partial charge in [-0.1, -0.05) is 77.6 Å². The average Bonchev–Trinajstić information content (AvgIpc) is 2.78. The summed E-state index contributed by atoms with van der Waals surface area (Å²) < 4.78 is 0. The minimum Gasteiger partial charge on any atom is -0.351 e. The van der Waals surface area contributed by atoms with E-state index in [1.54, 1.807) is 0 Å². The van der Waals surface area contributed by atoms with E-state index in [2.05, 4.69) is 118 Å². The number of nitrogens with one attached hydrogen (secondary N) is 1. The molecule has 0 atom stereocenters. The summed E-state index contributed by atoms with van der Waals surface area (Å²) in [6.07, 6.45) is 4.33. The van der Waals surface area contributed by atoms with E-state index in [0.29, 0.717) is 17.9 Å². The van der Waals surface area contributed by atoms with Crippen LogP contribution in [-0.4, -0.2) is 28.2 Å². The van der Waals surface area contributed by atoms with Crippen molar-refractivity contribution in [2.45, 2.75) is 62.2 Å². The molecule has 1 amide bonds. The lowest BCUT2D eigenvalue weighted by Gasteiger charge is -2.19. The molecule has 6 heteroatoms. The van der Waals surface area contributed by atoms with Crippen molar-refractivity contribution in [2.75, 3.05) is 12.3 Å². The number of benzene rings is 2. The first-order chi connectivity index (χ1) is 15.5. The fraction of sp³-hybridized carbons (Fsp3) is 0.370. The van der Waals surface area contributed by atoms with E-state index in [9.17, 15) is 4.79 Å². The van der Waals surface area contributed by atoms with Gasteiger partial charge >= 0.3 is 0 Å². The standard InChI is InChI=1S/C20H26S.C7H9N3OS/c1-19(2,3)15-7-11-17(12-8-15)21-18-13-9-16(10-14-18)20(4,5)6;11-7(10-1-2-12)6-3-8-5-9-4-6/h7-14H,1-6H3;3-5,12H,1-2H2,(H,10,11). The van der Waals surface area contributed by atoms with Crippen molar-refractivity contribution in [3.8, 4) is 0 Å². The van der Waals surface area contributed by atoms with Crippen LogP contribution in [0.25, 0.3) is 0 Å². The Kier molecular flexibility index (Phi) is 9.99. The second-order valence-electron chi connectivity index (χ2n) is 9.76. The number of aromatic nitrogens is 2. The number of thiol groups is 1. The van der Waals surface area contributed by atoms with Crippen LogP contribution in [0.3, 0.4) is 0 Å². The van der Waals surface area contributed by atoms with Crippen molar-refractivity contribution < 1.29 is 4.79 Å². The average molecular weight is 482 g/mol. The maximum Gasteiger partial charge on any atom is 0.254 e. The quantitative estimate of drug-likeness (QED) is 0.405. The minimum atomic E-state index is -0.162. The lowest BCUT2D eigenvalue weighted by Crippen LogP contribution is -2.25. The lowest BCUT2D eigenvalue weighted by molar-refractivity contribution is 0.0955. The third-order valence-electron chi connectivity index (χ3n) is 4.90. The largest absolute Gasteiger partial charge is 0.351 e. The van der Waals surface area contributed by atoms with E-state index >= 15 is 0 Å². The Bertz CT molecular complexity index is 935. The van der Waals surface area contributed by atoms with Crippen LogP contribution < -0.4 is 5.32 Å². The molecule has 0 aliphatic carbocycles. The summed E-state index contributed by atoms with van der Waals surface area (Å²) >= 11 is 5.79. The molecule has 33 heavy (non-hydrogen) atoms. The zero-order valence-corrected chi connectivity index (χ0v) is 22.1. The molecule has 0 aliphatic rings. The van der Waals surface area contributed by atoms with Crippen LogP contribution in [0, 0.1) is 0 Å². The monoisotopic (exact) mass is 481 g/mol. The molecule has 0 spiro atoms. The number of hydrogen-bond acceptors (Lipinski definition) is 5. The number of nitrogens with zero attached hydrogens (tertiary/aromatic N) is 2. The second kappa shape index (κ2) is 12.2. The van der Waals surface area contributed by atoms with E-state index in [0.717, 1.165) is 0 Å². The number of amides is 1. The number of rotatable bonds is 5. The molecule has 3 aromatic rings. The molecule has 0 radical (unpaired) electrons. The smallest absolute Gasteiger partial charge is 0.254 e. The van der Waals surface area contributed by atoms with Crippen LogP contribution in [0.15, 0.2) is 77.0 Å². The van der Waals surface area contributed by atoms with Crippen molar-refractivity contribution in [1.29, 1.82) is 0 Å². The molecule has 0 fully saturated rings. The van der Waals surface area contributed by atoms with E-state index in [4.69, 9.17) is 0 Å². The Morgan fingerprint density at radius 3 is 1.61 bits per heavy atom. The van der Waals surface area contributed by atoms with Gasteiger partial charge in [-0.05, 0) is 46.2 Å². The van der Waals surface area contributed by atoms with E-state index in [-0.39, 0.29) is 16.7 Å². The highest BCUT2D eigenvalue weighted by Gasteiger charge is 2.14.